The van der Waals surface area contributed by atoms with E-state index >= 15 is 0 Å². The van der Waals surface area contributed by atoms with E-state index < -0.39 is 5.97 Å². The topological polar surface area (TPSA) is 108 Å². The first-order chi connectivity index (χ1) is 21.7. The molecule has 0 radical (unpaired) electrons. The van der Waals surface area contributed by atoms with Crippen molar-refractivity contribution in [3.63, 3.8) is 0 Å². The highest BCUT2D eigenvalue weighted by Crippen LogP contribution is 2.26. The highest BCUT2D eigenvalue weighted by molar-refractivity contribution is 5.88. The van der Waals surface area contributed by atoms with Gasteiger partial charge in [-0.25, -0.2) is 4.79 Å². The fraction of sp³-hybridized carbons (Fsp3) is 0.528. The first-order valence-corrected chi connectivity index (χ1v) is 16.3. The number of carbonyl (C=O) groups is 2. The molecule has 0 spiro atoms. The van der Waals surface area contributed by atoms with E-state index in [2.05, 4.69) is 42.8 Å². The van der Waals surface area contributed by atoms with E-state index in [9.17, 15) is 9.59 Å². The summed E-state index contributed by atoms with van der Waals surface area (Å²) in [5, 5.41) is 16.4. The zero-order chi connectivity index (χ0) is 33.2. The summed E-state index contributed by atoms with van der Waals surface area (Å²) in [7, 11) is 1.67. The average Bonchev–Trinajstić information content (AvgIpc) is 3.49. The highest BCUT2D eigenvalue weighted by Gasteiger charge is 2.28. The van der Waals surface area contributed by atoms with Crippen LogP contribution in [0.5, 0.6) is 5.75 Å². The van der Waals surface area contributed by atoms with Gasteiger partial charge in [0.15, 0.2) is 0 Å². The molecule has 2 N–H and O–H groups in total. The molecular weight excluding hydrogens is 568 g/mol. The number of methoxy groups -OCH3 is 1. The Balaban J connectivity index is 0.00000109. The van der Waals surface area contributed by atoms with Crippen molar-refractivity contribution in [3.8, 4) is 17.0 Å². The van der Waals surface area contributed by atoms with Crippen LogP contribution >= 0.6 is 0 Å². The molecule has 0 saturated carbocycles. The van der Waals surface area contributed by atoms with Crippen LogP contribution in [0.2, 0.25) is 0 Å². The number of aliphatic carboxylic acids is 1. The van der Waals surface area contributed by atoms with Gasteiger partial charge in [-0.3, -0.25) is 19.7 Å². The van der Waals surface area contributed by atoms with Gasteiger partial charge < -0.3 is 14.6 Å². The molecule has 1 amide bonds. The number of carboxylic acid groups (broad SMARTS) is 1. The maximum Gasteiger partial charge on any atom is 0.414 e. The van der Waals surface area contributed by atoms with Crippen molar-refractivity contribution in [2.45, 2.75) is 80.2 Å². The van der Waals surface area contributed by atoms with E-state index in [0.29, 0.717) is 18.7 Å². The number of hydrogen-bond acceptors (Lipinski definition) is 6. The maximum atomic E-state index is 12.4. The van der Waals surface area contributed by atoms with Gasteiger partial charge in [0, 0.05) is 35.8 Å². The Kier molecular flexibility index (Phi) is 16.8. The van der Waals surface area contributed by atoms with E-state index in [1.165, 1.54) is 5.56 Å². The first-order valence-electron chi connectivity index (χ1n) is 16.3. The smallest absolute Gasteiger partial charge is 0.414 e. The summed E-state index contributed by atoms with van der Waals surface area (Å²) in [6, 6.07) is 15.1. The number of nitrogens with zero attached hydrogens (tertiary/aromatic N) is 3. The lowest BCUT2D eigenvalue weighted by Gasteiger charge is -2.32. The van der Waals surface area contributed by atoms with E-state index in [1.807, 2.05) is 44.3 Å². The number of unbranched alkanes of at least 4 members (excludes halogenated alkanes) is 1. The molecule has 9 heteroatoms. The van der Waals surface area contributed by atoms with E-state index in [4.69, 9.17) is 14.6 Å². The Labute approximate surface area is 269 Å². The average molecular weight is 623 g/mol. The third kappa shape index (κ3) is 13.0. The summed E-state index contributed by atoms with van der Waals surface area (Å²) in [6.07, 6.45) is 5.69. The van der Waals surface area contributed by atoms with Gasteiger partial charge in [-0.1, -0.05) is 60.1 Å². The zero-order valence-electron chi connectivity index (χ0n) is 28.3. The molecule has 1 aliphatic heterocycles. The first kappa shape index (κ1) is 37.3. The number of aromatic nitrogens is 2. The van der Waals surface area contributed by atoms with Gasteiger partial charge >= 0.3 is 12.1 Å². The van der Waals surface area contributed by atoms with Gasteiger partial charge in [-0.15, -0.1) is 0 Å². The number of H-pyrrole nitrogens is 1. The van der Waals surface area contributed by atoms with Gasteiger partial charge in [0.25, 0.3) is 0 Å². The zero-order valence-corrected chi connectivity index (χ0v) is 28.3. The molecule has 4 rings (SSSR count). The molecule has 45 heavy (non-hydrogen) atoms. The third-order valence-corrected chi connectivity index (χ3v) is 7.07. The molecule has 1 aliphatic rings. The second-order valence-corrected chi connectivity index (χ2v) is 11.8. The Hall–Kier alpha value is -3.85. The van der Waals surface area contributed by atoms with Gasteiger partial charge in [0.05, 0.1) is 32.0 Å². The normalized spacial score (nSPS) is 14.3. The molecule has 248 valence electrons. The van der Waals surface area contributed by atoms with Crippen LogP contribution in [0.4, 0.5) is 10.5 Å². The Morgan fingerprint density at radius 2 is 1.76 bits per heavy atom. The van der Waals surface area contributed by atoms with E-state index in [1.54, 1.807) is 36.3 Å². The number of aromatic amines is 1. The number of carboxylic acids is 1. The number of cyclic esters (lactones) is 1. The van der Waals surface area contributed by atoms with Crippen molar-refractivity contribution in [2.75, 3.05) is 38.3 Å². The number of rotatable bonds is 14. The second-order valence-electron chi connectivity index (χ2n) is 11.8. The number of nitrogens with one attached hydrogen (secondary N) is 1. The molecule has 0 aliphatic carbocycles. The van der Waals surface area contributed by atoms with Crippen molar-refractivity contribution in [1.82, 2.24) is 15.1 Å². The molecule has 1 fully saturated rings. The summed E-state index contributed by atoms with van der Waals surface area (Å²) < 4.78 is 10.8. The van der Waals surface area contributed by atoms with Crippen LogP contribution in [0.25, 0.3) is 11.3 Å². The molecule has 2 aromatic carbocycles. The molecule has 9 nitrogen and oxygen atoms in total. The van der Waals surface area contributed by atoms with Crippen molar-refractivity contribution in [3.05, 3.63) is 65.9 Å². The van der Waals surface area contributed by atoms with Crippen LogP contribution < -0.4 is 9.64 Å². The van der Waals surface area contributed by atoms with Crippen molar-refractivity contribution in [2.24, 2.45) is 11.8 Å². The van der Waals surface area contributed by atoms with Crippen LogP contribution in [-0.4, -0.2) is 65.6 Å². The molecule has 1 unspecified atom stereocenters. The summed E-state index contributed by atoms with van der Waals surface area (Å²) in [5.74, 6) is 1.05. The van der Waals surface area contributed by atoms with Crippen LogP contribution in [-0.2, 0) is 22.5 Å². The lowest BCUT2D eigenvalue weighted by molar-refractivity contribution is -0.136. The minimum Gasteiger partial charge on any atom is -0.497 e. The molecule has 1 saturated heterocycles. The lowest BCUT2D eigenvalue weighted by atomic mass is 10.0. The largest absolute Gasteiger partial charge is 0.497 e. The third-order valence-electron chi connectivity index (χ3n) is 7.07. The van der Waals surface area contributed by atoms with Gasteiger partial charge in [-0.2, -0.15) is 5.10 Å². The van der Waals surface area contributed by atoms with Crippen molar-refractivity contribution in [1.29, 1.82) is 0 Å². The predicted octanol–water partition coefficient (Wildman–Crippen LogP) is 8.06. The van der Waals surface area contributed by atoms with E-state index in [-0.39, 0.29) is 18.4 Å². The van der Waals surface area contributed by atoms with Crippen LogP contribution in [0.3, 0.4) is 0 Å². The van der Waals surface area contributed by atoms with Gasteiger partial charge in [-0.05, 0) is 80.2 Å². The number of benzene rings is 2. The molecule has 1 aromatic heterocycles. The fourth-order valence-electron chi connectivity index (χ4n) is 5.04. The summed E-state index contributed by atoms with van der Waals surface area (Å²) in [6.45, 7) is 16.6. The summed E-state index contributed by atoms with van der Waals surface area (Å²) in [4.78, 5) is 27.5. The molecule has 2 heterocycles. The Bertz CT molecular complexity index is 1250. The van der Waals surface area contributed by atoms with Crippen molar-refractivity contribution >= 4 is 17.7 Å². The summed E-state index contributed by atoms with van der Waals surface area (Å²) >= 11 is 0. The van der Waals surface area contributed by atoms with Gasteiger partial charge in [0.2, 0.25) is 0 Å². The summed E-state index contributed by atoms with van der Waals surface area (Å²) in [5.41, 5.74) is 4.75. The van der Waals surface area contributed by atoms with Crippen LogP contribution in [0.1, 0.15) is 78.4 Å². The Morgan fingerprint density at radius 3 is 2.36 bits per heavy atom. The minimum absolute atomic E-state index is 0.0359. The quantitative estimate of drug-likeness (QED) is 0.175. The lowest BCUT2D eigenvalue weighted by Crippen LogP contribution is -2.43. The maximum absolute atomic E-state index is 12.4. The predicted molar refractivity (Wildman–Crippen MR) is 182 cm³/mol. The number of anilines is 1. The fourth-order valence-corrected chi connectivity index (χ4v) is 5.04. The molecule has 3 aromatic rings. The van der Waals surface area contributed by atoms with E-state index in [0.717, 1.165) is 73.9 Å². The Morgan fingerprint density at radius 1 is 1.09 bits per heavy atom. The number of carbonyl (C=O) groups excluding carboxylic acids is 1. The molecule has 1 atom stereocenters. The molecule has 0 bridgehead atoms. The SMILES string of the molecule is CC.CC(C)C.CCCN(CCCCC1COC(=O)N(c2ccc(CC(=O)O)cc2)C1)Cc1cn[nH]c1-c1ccc(OC)cc1. The van der Waals surface area contributed by atoms with Crippen molar-refractivity contribution < 1.29 is 24.2 Å². The monoisotopic (exact) mass is 622 g/mol. The van der Waals surface area contributed by atoms with Gasteiger partial charge in [0.1, 0.15) is 5.75 Å². The number of amides is 1. The standard InChI is InChI=1S/C30H38N4O5.C4H10.C2H6/c1-3-15-33(20-25-18-31-32-29(25)24-9-13-27(38-2)14-10-24)16-5-4-6-23-19-34(30(37)39-21-23)26-11-7-22(8-12-26)17-28(35)36;1-4(2)3;1-2/h7-14,18,23H,3-6,15-17,19-21H2,1-2H3,(H,31,32)(H,35,36);4H,1-3H3;1-2H3. The van der Waals surface area contributed by atoms with Crippen LogP contribution in [0.15, 0.2) is 54.7 Å². The molecular formula is C36H54N4O5. The highest BCUT2D eigenvalue weighted by atomic mass is 16.6. The van der Waals surface area contributed by atoms with Crippen LogP contribution in [0, 0.1) is 11.8 Å². The minimum atomic E-state index is -0.875. The number of ether oxygens (including phenoxy) is 2. The second kappa shape index (κ2) is 20.2. The number of hydrogen-bond donors (Lipinski definition) is 2.